The van der Waals surface area contributed by atoms with E-state index in [1.54, 1.807) is 7.11 Å². The highest BCUT2D eigenvalue weighted by Crippen LogP contribution is 2.44. The van der Waals surface area contributed by atoms with Crippen LogP contribution in [0.1, 0.15) is 38.8 Å². The SMILES string of the molecule is COc1cc(C(C)(C)CN)cc2c1OC(C)(C)C2. The Hall–Kier alpha value is -1.22. The zero-order chi connectivity index (χ0) is 13.6. The summed E-state index contributed by atoms with van der Waals surface area (Å²) in [5, 5.41) is 0. The molecular weight excluding hydrogens is 226 g/mol. The van der Waals surface area contributed by atoms with Crippen molar-refractivity contribution in [2.24, 2.45) is 5.73 Å². The van der Waals surface area contributed by atoms with Gasteiger partial charge in [0.25, 0.3) is 0 Å². The monoisotopic (exact) mass is 249 g/mol. The van der Waals surface area contributed by atoms with Crippen LogP contribution in [0.2, 0.25) is 0 Å². The summed E-state index contributed by atoms with van der Waals surface area (Å²) in [7, 11) is 1.68. The van der Waals surface area contributed by atoms with E-state index in [9.17, 15) is 0 Å². The Bertz CT molecular complexity index is 464. The molecule has 0 bridgehead atoms. The molecule has 0 amide bonds. The maximum Gasteiger partial charge on any atom is 0.165 e. The summed E-state index contributed by atoms with van der Waals surface area (Å²) >= 11 is 0. The van der Waals surface area contributed by atoms with Crippen LogP contribution < -0.4 is 15.2 Å². The van der Waals surface area contributed by atoms with E-state index in [-0.39, 0.29) is 11.0 Å². The predicted octanol–water partition coefficient (Wildman–Crippen LogP) is 2.65. The Labute approximate surface area is 109 Å². The van der Waals surface area contributed by atoms with E-state index in [2.05, 4.69) is 33.8 Å². The van der Waals surface area contributed by atoms with Crippen LogP contribution in [-0.2, 0) is 11.8 Å². The van der Waals surface area contributed by atoms with E-state index >= 15 is 0 Å². The van der Waals surface area contributed by atoms with Crippen LogP contribution in [-0.4, -0.2) is 19.3 Å². The molecule has 0 saturated heterocycles. The highest BCUT2D eigenvalue weighted by molar-refractivity contribution is 5.54. The Balaban J connectivity index is 2.51. The number of hydrogen-bond donors (Lipinski definition) is 1. The van der Waals surface area contributed by atoms with Crippen molar-refractivity contribution in [1.29, 1.82) is 0 Å². The van der Waals surface area contributed by atoms with Crippen molar-refractivity contribution in [3.05, 3.63) is 23.3 Å². The number of nitrogens with two attached hydrogens (primary N) is 1. The topological polar surface area (TPSA) is 44.5 Å². The lowest BCUT2D eigenvalue weighted by molar-refractivity contribution is 0.134. The molecule has 2 rings (SSSR count). The third-order valence-corrected chi connectivity index (χ3v) is 3.64. The van der Waals surface area contributed by atoms with Gasteiger partial charge in [0.1, 0.15) is 5.60 Å². The van der Waals surface area contributed by atoms with Crippen molar-refractivity contribution >= 4 is 0 Å². The van der Waals surface area contributed by atoms with Crippen LogP contribution >= 0.6 is 0 Å². The number of fused-ring (bicyclic) bond motifs is 1. The van der Waals surface area contributed by atoms with Crippen LogP contribution in [0.4, 0.5) is 0 Å². The van der Waals surface area contributed by atoms with Gasteiger partial charge >= 0.3 is 0 Å². The number of benzene rings is 1. The van der Waals surface area contributed by atoms with Gasteiger partial charge in [0.2, 0.25) is 0 Å². The number of ether oxygens (including phenoxy) is 2. The van der Waals surface area contributed by atoms with Crippen molar-refractivity contribution < 1.29 is 9.47 Å². The van der Waals surface area contributed by atoms with Gasteiger partial charge in [-0.05, 0) is 25.5 Å². The average molecular weight is 249 g/mol. The molecule has 1 aliphatic heterocycles. The van der Waals surface area contributed by atoms with Gasteiger partial charge in [-0.25, -0.2) is 0 Å². The van der Waals surface area contributed by atoms with Crippen molar-refractivity contribution in [3.63, 3.8) is 0 Å². The summed E-state index contributed by atoms with van der Waals surface area (Å²) in [4.78, 5) is 0. The van der Waals surface area contributed by atoms with Crippen LogP contribution in [0.15, 0.2) is 12.1 Å². The molecule has 1 heterocycles. The lowest BCUT2D eigenvalue weighted by Gasteiger charge is -2.24. The Morgan fingerprint density at radius 3 is 2.61 bits per heavy atom. The van der Waals surface area contributed by atoms with Crippen molar-refractivity contribution in [3.8, 4) is 11.5 Å². The first-order chi connectivity index (χ1) is 8.29. The summed E-state index contributed by atoms with van der Waals surface area (Å²) in [6.07, 6.45) is 0.910. The van der Waals surface area contributed by atoms with E-state index in [4.69, 9.17) is 15.2 Å². The standard InChI is InChI=1S/C15H23NO2/c1-14(2,9-16)11-6-10-8-15(3,4)18-13(10)12(7-11)17-5/h6-7H,8-9,16H2,1-5H3. The van der Waals surface area contributed by atoms with E-state index in [0.717, 1.165) is 17.9 Å². The zero-order valence-electron chi connectivity index (χ0n) is 12.0. The molecule has 0 atom stereocenters. The first-order valence-corrected chi connectivity index (χ1v) is 6.39. The summed E-state index contributed by atoms with van der Waals surface area (Å²) in [6, 6.07) is 4.26. The molecule has 0 fully saturated rings. The van der Waals surface area contributed by atoms with Gasteiger partial charge in [0.15, 0.2) is 11.5 Å². The lowest BCUT2D eigenvalue weighted by atomic mass is 9.83. The van der Waals surface area contributed by atoms with Gasteiger partial charge in [-0.15, -0.1) is 0 Å². The Kier molecular flexibility index (Phi) is 3.06. The lowest BCUT2D eigenvalue weighted by Crippen LogP contribution is -2.28. The molecule has 1 aromatic carbocycles. The minimum absolute atomic E-state index is 0.0466. The highest BCUT2D eigenvalue weighted by Gasteiger charge is 2.34. The molecular formula is C15H23NO2. The predicted molar refractivity (Wildman–Crippen MR) is 73.5 cm³/mol. The molecule has 3 nitrogen and oxygen atoms in total. The molecule has 2 N–H and O–H groups in total. The van der Waals surface area contributed by atoms with Crippen LogP contribution in [0, 0.1) is 0 Å². The highest BCUT2D eigenvalue weighted by atomic mass is 16.5. The van der Waals surface area contributed by atoms with E-state index in [1.165, 1.54) is 11.1 Å². The average Bonchev–Trinajstić information content (AvgIpc) is 2.61. The molecule has 0 radical (unpaired) electrons. The second kappa shape index (κ2) is 4.16. The third kappa shape index (κ3) is 2.19. The molecule has 18 heavy (non-hydrogen) atoms. The second-order valence-corrected chi connectivity index (χ2v) is 6.29. The molecule has 1 aromatic rings. The molecule has 0 spiro atoms. The fraction of sp³-hybridized carbons (Fsp3) is 0.600. The van der Waals surface area contributed by atoms with Crippen LogP contribution in [0.5, 0.6) is 11.5 Å². The van der Waals surface area contributed by atoms with Gasteiger partial charge in [0, 0.05) is 23.9 Å². The largest absolute Gasteiger partial charge is 0.493 e. The van der Waals surface area contributed by atoms with E-state index in [1.807, 2.05) is 6.07 Å². The Morgan fingerprint density at radius 2 is 2.06 bits per heavy atom. The maximum atomic E-state index is 5.96. The minimum atomic E-state index is -0.152. The molecule has 0 saturated carbocycles. The normalized spacial score (nSPS) is 17.2. The van der Waals surface area contributed by atoms with Crippen molar-refractivity contribution in [2.75, 3.05) is 13.7 Å². The maximum absolute atomic E-state index is 5.96. The minimum Gasteiger partial charge on any atom is -0.493 e. The number of rotatable bonds is 3. The summed E-state index contributed by atoms with van der Waals surface area (Å²) in [5.74, 6) is 1.70. The first-order valence-electron chi connectivity index (χ1n) is 6.39. The summed E-state index contributed by atoms with van der Waals surface area (Å²) in [5.41, 5.74) is 8.09. The smallest absolute Gasteiger partial charge is 0.165 e. The van der Waals surface area contributed by atoms with Crippen molar-refractivity contribution in [2.45, 2.75) is 45.1 Å². The summed E-state index contributed by atoms with van der Waals surface area (Å²) in [6.45, 7) is 9.10. The Morgan fingerprint density at radius 1 is 1.39 bits per heavy atom. The fourth-order valence-electron chi connectivity index (χ4n) is 2.34. The first kappa shape index (κ1) is 13.2. The molecule has 0 aromatic heterocycles. The quantitative estimate of drug-likeness (QED) is 0.895. The van der Waals surface area contributed by atoms with Gasteiger partial charge in [-0.3, -0.25) is 0 Å². The fourth-order valence-corrected chi connectivity index (χ4v) is 2.34. The van der Waals surface area contributed by atoms with E-state index < -0.39 is 0 Å². The van der Waals surface area contributed by atoms with Gasteiger partial charge in [0.05, 0.1) is 7.11 Å². The van der Waals surface area contributed by atoms with E-state index in [0.29, 0.717) is 6.54 Å². The van der Waals surface area contributed by atoms with Gasteiger partial charge in [-0.1, -0.05) is 19.9 Å². The van der Waals surface area contributed by atoms with Crippen LogP contribution in [0.3, 0.4) is 0 Å². The summed E-state index contributed by atoms with van der Waals surface area (Å²) < 4.78 is 11.4. The van der Waals surface area contributed by atoms with Gasteiger partial charge in [-0.2, -0.15) is 0 Å². The number of methoxy groups -OCH3 is 1. The molecule has 0 unspecified atom stereocenters. The zero-order valence-corrected chi connectivity index (χ0v) is 12.0. The molecule has 3 heteroatoms. The molecule has 0 aliphatic carbocycles. The second-order valence-electron chi connectivity index (χ2n) is 6.29. The molecule has 100 valence electrons. The van der Waals surface area contributed by atoms with Gasteiger partial charge < -0.3 is 15.2 Å². The third-order valence-electron chi connectivity index (χ3n) is 3.64. The van der Waals surface area contributed by atoms with Crippen molar-refractivity contribution in [1.82, 2.24) is 0 Å². The number of hydrogen-bond acceptors (Lipinski definition) is 3. The van der Waals surface area contributed by atoms with Crippen LogP contribution in [0.25, 0.3) is 0 Å². The molecule has 1 aliphatic rings.